The predicted molar refractivity (Wildman–Crippen MR) is 59.1 cm³/mol. The van der Waals surface area contributed by atoms with Gasteiger partial charge in [-0.3, -0.25) is 0 Å². The van der Waals surface area contributed by atoms with Crippen molar-refractivity contribution in [3.05, 3.63) is 35.4 Å². The summed E-state index contributed by atoms with van der Waals surface area (Å²) < 4.78 is 5.75. The lowest BCUT2D eigenvalue weighted by atomic mass is 9.90. The van der Waals surface area contributed by atoms with Gasteiger partial charge < -0.3 is 0 Å². The molecule has 0 fully saturated rings. The minimum Gasteiger partial charge on any atom is -0.0776 e. The fraction of sp³-hybridized carbons (Fsp3) is 0.538. The quantitative estimate of drug-likeness (QED) is 0.609. The summed E-state index contributed by atoms with van der Waals surface area (Å²) in [6.07, 6.45) is 2.65. The maximum atomic E-state index is 5.75. The third-order valence-corrected chi connectivity index (χ3v) is 2.98. The first-order valence-electron chi connectivity index (χ1n) is 5.87. The van der Waals surface area contributed by atoms with Gasteiger partial charge in [-0.15, -0.1) is 0 Å². The Labute approximate surface area is 83.4 Å². The molecule has 13 heavy (non-hydrogen) atoms. The van der Waals surface area contributed by atoms with Crippen LogP contribution in [0, 0.1) is 5.92 Å². The third kappa shape index (κ3) is 1.77. The standard InChI is InChI=1S/C12H16.CH4/c1-9(2)11-8-7-10-5-3-4-6-12(10)11;/h3-6,9,11H,7-8H2,1-2H3;1H4/i;1T. The lowest BCUT2D eigenvalue weighted by Gasteiger charge is -2.14. The van der Waals surface area contributed by atoms with Crippen molar-refractivity contribution in [2.75, 3.05) is 0 Å². The molecule has 0 aliphatic heterocycles. The van der Waals surface area contributed by atoms with Crippen LogP contribution in [0.25, 0.3) is 0 Å². The molecular formula is C13H20. The predicted octanol–water partition coefficient (Wildman–Crippen LogP) is 4.01. The van der Waals surface area contributed by atoms with E-state index in [0.29, 0.717) is 0 Å². The number of fused-ring (bicyclic) bond motifs is 1. The van der Waals surface area contributed by atoms with Gasteiger partial charge in [0.1, 0.15) is 0 Å². The molecule has 1 unspecified atom stereocenters. The van der Waals surface area contributed by atoms with Crippen molar-refractivity contribution < 1.29 is 1.37 Å². The molecule has 1 atom stereocenters. The monoisotopic (exact) mass is 178 g/mol. The minimum absolute atomic E-state index is 0.800. The van der Waals surface area contributed by atoms with E-state index in [1.807, 2.05) is 0 Å². The van der Waals surface area contributed by atoms with Crippen LogP contribution in [0.15, 0.2) is 24.3 Å². The van der Waals surface area contributed by atoms with Crippen LogP contribution in [-0.2, 0) is 6.42 Å². The first-order valence-corrected chi connectivity index (χ1v) is 4.87. The lowest BCUT2D eigenvalue weighted by Crippen LogP contribution is -2.01. The Balaban J connectivity index is 0.000000461. The number of rotatable bonds is 1. The van der Waals surface area contributed by atoms with Gasteiger partial charge in [0.05, 0.1) is 0 Å². The van der Waals surface area contributed by atoms with E-state index in [2.05, 4.69) is 38.1 Å². The summed E-state index contributed by atoms with van der Waals surface area (Å²) >= 11 is 0. The van der Waals surface area contributed by atoms with Crippen LogP contribution >= 0.6 is 0 Å². The van der Waals surface area contributed by atoms with E-state index in [-0.39, 0.29) is 0 Å². The first-order chi connectivity index (χ1) is 6.79. The van der Waals surface area contributed by atoms with Crippen LogP contribution in [0.2, 0.25) is 0 Å². The van der Waals surface area contributed by atoms with Crippen LogP contribution in [0.5, 0.6) is 0 Å². The molecule has 0 amide bonds. The summed E-state index contributed by atoms with van der Waals surface area (Å²) in [4.78, 5) is 0. The van der Waals surface area contributed by atoms with Gasteiger partial charge in [0.2, 0.25) is 0 Å². The average Bonchev–Trinajstić information content (AvgIpc) is 2.64. The van der Waals surface area contributed by atoms with Gasteiger partial charge in [-0.05, 0) is 35.8 Å². The van der Waals surface area contributed by atoms with Crippen molar-refractivity contribution in [2.45, 2.75) is 40.0 Å². The number of aryl methyl sites for hydroxylation is 1. The summed E-state index contributed by atoms with van der Waals surface area (Å²) in [5.41, 5.74) is 3.18. The zero-order valence-electron chi connectivity index (χ0n) is 9.88. The normalized spacial score (nSPS) is 20.3. The molecule has 1 aromatic carbocycles. The highest BCUT2D eigenvalue weighted by Gasteiger charge is 2.23. The van der Waals surface area contributed by atoms with Crippen LogP contribution in [0.1, 0.15) is 46.1 Å². The van der Waals surface area contributed by atoms with Gasteiger partial charge >= 0.3 is 0 Å². The second kappa shape index (κ2) is 3.95. The lowest BCUT2D eigenvalue weighted by molar-refractivity contribution is 0.496. The van der Waals surface area contributed by atoms with Gasteiger partial charge in [0.25, 0.3) is 0 Å². The molecule has 2 rings (SSSR count). The van der Waals surface area contributed by atoms with Crippen molar-refractivity contribution >= 4 is 0 Å². The molecule has 0 saturated carbocycles. The molecule has 72 valence electrons. The molecule has 1 aliphatic rings. The third-order valence-electron chi connectivity index (χ3n) is 2.98. The SMILES string of the molecule is CC(C)C1CCc2ccccc21.[3H]C. The van der Waals surface area contributed by atoms with Crippen molar-refractivity contribution in [1.82, 2.24) is 0 Å². The van der Waals surface area contributed by atoms with Crippen molar-refractivity contribution in [3.63, 3.8) is 0 Å². The Morgan fingerprint density at radius 1 is 1.38 bits per heavy atom. The van der Waals surface area contributed by atoms with E-state index < -0.39 is 0 Å². The Morgan fingerprint density at radius 3 is 2.77 bits per heavy atom. The molecule has 0 saturated heterocycles. The molecule has 0 aromatic heterocycles. The highest BCUT2D eigenvalue weighted by molar-refractivity contribution is 5.34. The molecule has 1 aliphatic carbocycles. The summed E-state index contributed by atoms with van der Waals surface area (Å²) in [5, 5.41) is 0. The smallest absolute Gasteiger partial charge is 0.0194 e. The zero-order chi connectivity index (χ0) is 10.6. The van der Waals surface area contributed by atoms with E-state index in [9.17, 15) is 0 Å². The second-order valence-corrected chi connectivity index (χ2v) is 4.09. The summed E-state index contributed by atoms with van der Waals surface area (Å²) in [6.45, 7) is 4.65. The Morgan fingerprint density at radius 2 is 2.08 bits per heavy atom. The minimum atomic E-state index is 0.800. The van der Waals surface area contributed by atoms with Gasteiger partial charge in [-0.1, -0.05) is 45.5 Å². The number of hydrogen-bond donors (Lipinski definition) is 0. The fourth-order valence-corrected chi connectivity index (χ4v) is 2.28. The van der Waals surface area contributed by atoms with Crippen LogP contribution in [-0.4, -0.2) is 0 Å². The highest BCUT2D eigenvalue weighted by Crippen LogP contribution is 2.37. The highest BCUT2D eigenvalue weighted by atomic mass is 14.3. The topological polar surface area (TPSA) is 0 Å². The zero-order valence-corrected chi connectivity index (χ0v) is 8.88. The largest absolute Gasteiger partial charge is 0.0776 e. The maximum Gasteiger partial charge on any atom is 0.0194 e. The summed E-state index contributed by atoms with van der Waals surface area (Å²) in [6, 6.07) is 8.89. The Bertz CT molecular complexity index is 278. The van der Waals surface area contributed by atoms with E-state index in [1.54, 1.807) is 11.1 Å². The van der Waals surface area contributed by atoms with Crippen molar-refractivity contribution in [1.29, 1.82) is 0 Å². The van der Waals surface area contributed by atoms with Crippen LogP contribution < -0.4 is 0 Å². The molecule has 0 radical (unpaired) electrons. The van der Waals surface area contributed by atoms with Gasteiger partial charge in [-0.25, -0.2) is 0 Å². The Kier molecular flexibility index (Phi) is 2.68. The molecule has 0 N–H and O–H groups in total. The number of benzene rings is 1. The summed E-state index contributed by atoms with van der Waals surface area (Å²) in [7, 11) is 1.25. The summed E-state index contributed by atoms with van der Waals surface area (Å²) in [5.74, 6) is 1.62. The van der Waals surface area contributed by atoms with Gasteiger partial charge in [0.15, 0.2) is 0 Å². The van der Waals surface area contributed by atoms with E-state index >= 15 is 0 Å². The van der Waals surface area contributed by atoms with Crippen LogP contribution in [0.4, 0.5) is 0 Å². The van der Waals surface area contributed by atoms with E-state index in [4.69, 9.17) is 1.37 Å². The molecular weight excluding hydrogens is 156 g/mol. The molecule has 0 heterocycles. The van der Waals surface area contributed by atoms with Crippen LogP contribution in [0.3, 0.4) is 0 Å². The van der Waals surface area contributed by atoms with Gasteiger partial charge in [-0.2, -0.15) is 0 Å². The fourth-order valence-electron chi connectivity index (χ4n) is 2.28. The van der Waals surface area contributed by atoms with Gasteiger partial charge in [0, 0.05) is 1.37 Å². The molecule has 1 aromatic rings. The molecule has 0 heteroatoms. The average molecular weight is 178 g/mol. The Hall–Kier alpha value is -0.780. The van der Waals surface area contributed by atoms with E-state index in [1.165, 1.54) is 20.2 Å². The molecule has 0 nitrogen and oxygen atoms in total. The number of hydrogen-bond acceptors (Lipinski definition) is 0. The molecule has 0 spiro atoms. The van der Waals surface area contributed by atoms with E-state index in [0.717, 1.165) is 11.8 Å². The first kappa shape index (κ1) is 8.80. The second-order valence-electron chi connectivity index (χ2n) is 4.09. The van der Waals surface area contributed by atoms with Crippen molar-refractivity contribution in [3.8, 4) is 0 Å². The maximum absolute atomic E-state index is 5.75. The molecule has 0 bridgehead atoms. The van der Waals surface area contributed by atoms with Crippen molar-refractivity contribution in [2.24, 2.45) is 5.92 Å².